The molecule has 0 aliphatic carbocycles. The Morgan fingerprint density at radius 1 is 1.50 bits per heavy atom. The van der Waals surface area contributed by atoms with Crippen LogP contribution in [0, 0.1) is 15.9 Å². The van der Waals surface area contributed by atoms with Gasteiger partial charge in [0.2, 0.25) is 5.96 Å². The number of hydrogen-bond donors (Lipinski definition) is 3. The molecular weight excluding hydrogens is 337 g/mol. The predicted molar refractivity (Wildman–Crippen MR) is 90.4 cm³/mol. The van der Waals surface area contributed by atoms with E-state index in [1.165, 1.54) is 0 Å². The molecule has 1 atom stereocenters. The molecule has 132 valence electrons. The molecule has 2 aliphatic rings. The number of rotatable bonds is 2. The molecule has 1 aromatic rings. The Hall–Kier alpha value is -2.07. The number of nitrogens with zero attached hydrogens (tertiary/aromatic N) is 3. The highest BCUT2D eigenvalue weighted by Gasteiger charge is 2.43. The van der Waals surface area contributed by atoms with Crippen molar-refractivity contribution in [1.82, 2.24) is 9.03 Å². The number of guanidine groups is 1. The lowest BCUT2D eigenvalue weighted by Gasteiger charge is -2.45. The van der Waals surface area contributed by atoms with Crippen molar-refractivity contribution in [3.05, 3.63) is 39.7 Å². The molecule has 1 saturated heterocycles. The van der Waals surface area contributed by atoms with Gasteiger partial charge in [-0.2, -0.15) is 0 Å². The number of nitrogens with two attached hydrogens (primary N) is 1. The first kappa shape index (κ1) is 16.8. The molecule has 1 fully saturated rings. The van der Waals surface area contributed by atoms with Crippen LogP contribution in [0.2, 0.25) is 0 Å². The van der Waals surface area contributed by atoms with Crippen molar-refractivity contribution in [1.29, 1.82) is 0 Å². The summed E-state index contributed by atoms with van der Waals surface area (Å²) in [6.07, 6.45) is 1.69. The van der Waals surface area contributed by atoms with E-state index in [-0.39, 0.29) is 23.0 Å². The monoisotopic (exact) mass is 357 g/mol. The van der Waals surface area contributed by atoms with Gasteiger partial charge in [0.25, 0.3) is 5.69 Å². The Balaban J connectivity index is 2.11. The van der Waals surface area contributed by atoms with E-state index in [0.717, 1.165) is 31.0 Å². The molecule has 1 unspecified atom stereocenters. The molecule has 0 spiro atoms. The first-order valence-electron chi connectivity index (χ1n) is 7.67. The summed E-state index contributed by atoms with van der Waals surface area (Å²) in [6, 6.07) is 3.27. The van der Waals surface area contributed by atoms with Crippen LogP contribution in [0.1, 0.15) is 25.3 Å². The number of hydrogen-bond acceptors (Lipinski definition) is 5. The maximum Gasteiger partial charge on any atom is 0.270 e. The van der Waals surface area contributed by atoms with Gasteiger partial charge < -0.3 is 5.73 Å². The molecule has 0 aromatic heterocycles. The van der Waals surface area contributed by atoms with Gasteiger partial charge in [-0.25, -0.2) is 14.1 Å². The number of non-ortho nitro benzene ring substituents is 1. The molecule has 8 nitrogen and oxygen atoms in total. The lowest BCUT2D eigenvalue weighted by molar-refractivity contribution is -0.385. The van der Waals surface area contributed by atoms with Crippen molar-refractivity contribution in [3.8, 4) is 0 Å². The number of aliphatic imine (C=N–C) groups is 1. The van der Waals surface area contributed by atoms with Crippen molar-refractivity contribution in [2.75, 3.05) is 18.8 Å². The number of nitro benzene ring substituents is 1. The normalized spacial score (nSPS) is 27.6. The van der Waals surface area contributed by atoms with Crippen molar-refractivity contribution in [3.63, 3.8) is 0 Å². The van der Waals surface area contributed by atoms with Gasteiger partial charge in [0.15, 0.2) is 0 Å². The molecule has 24 heavy (non-hydrogen) atoms. The largest absolute Gasteiger partial charge is 0.369 e. The average Bonchev–Trinajstić information content (AvgIpc) is 2.68. The zero-order valence-electron chi connectivity index (χ0n) is 13.2. The van der Waals surface area contributed by atoms with Gasteiger partial charge >= 0.3 is 0 Å². The summed E-state index contributed by atoms with van der Waals surface area (Å²) >= 11 is 0. The van der Waals surface area contributed by atoms with Gasteiger partial charge in [-0.1, -0.05) is 0 Å². The Morgan fingerprint density at radius 3 is 2.96 bits per heavy atom. The summed E-state index contributed by atoms with van der Waals surface area (Å²) < 4.78 is 32.3. The minimum absolute atomic E-state index is 0.0266. The summed E-state index contributed by atoms with van der Waals surface area (Å²) in [7, 11) is -3.07. The Kier molecular flexibility index (Phi) is 4.04. The molecule has 0 amide bonds. The topological polar surface area (TPSA) is 114 Å². The van der Waals surface area contributed by atoms with Crippen LogP contribution in [0.4, 0.5) is 10.1 Å². The van der Waals surface area contributed by atoms with Gasteiger partial charge in [0, 0.05) is 41.1 Å². The first-order valence-corrected chi connectivity index (χ1v) is 9.52. The lowest BCUT2D eigenvalue weighted by atomic mass is 9.93. The molecule has 10 heteroatoms. The molecule has 2 heterocycles. The average molecular weight is 357 g/mol. The van der Waals surface area contributed by atoms with Crippen LogP contribution in [0.25, 0.3) is 0 Å². The second-order valence-corrected chi connectivity index (χ2v) is 8.78. The molecule has 1 aromatic carbocycles. The van der Waals surface area contributed by atoms with E-state index in [1.54, 1.807) is 11.2 Å². The maximum absolute atomic E-state index is 14.4. The summed E-state index contributed by atoms with van der Waals surface area (Å²) in [6.45, 7) is 2.70. The Labute approximate surface area is 139 Å². The third kappa shape index (κ3) is 2.75. The molecule has 2 aliphatic heterocycles. The highest BCUT2D eigenvalue weighted by molar-refractivity contribution is 7.99. The molecule has 0 bridgehead atoms. The minimum Gasteiger partial charge on any atom is -0.369 e. The van der Waals surface area contributed by atoms with E-state index < -0.39 is 26.6 Å². The van der Waals surface area contributed by atoms with Crippen molar-refractivity contribution in [2.24, 2.45) is 10.7 Å². The minimum atomic E-state index is -3.07. The highest BCUT2D eigenvalue weighted by atomic mass is 32.3. The quantitative estimate of drug-likeness (QED) is 0.413. The standard InChI is InChI=1S/C14H20FN5O3S/c1-14(11-8-10(20(21)22)4-5-12(11)15)9-24(23)17-6-2-3-7-19(24)13(16)18-14/h4-5,8,24H,2-3,6-7,9H2,1H3,(H2,16,18)(H,17,23). The smallest absolute Gasteiger partial charge is 0.270 e. The second kappa shape index (κ2) is 5.78. The van der Waals surface area contributed by atoms with Gasteiger partial charge in [-0.15, -0.1) is 0 Å². The van der Waals surface area contributed by atoms with E-state index in [0.29, 0.717) is 13.1 Å². The number of nitrogens with one attached hydrogen (secondary N) is 1. The fraction of sp³-hybridized carbons (Fsp3) is 0.500. The number of fused-ring (bicyclic) bond motifs is 1. The van der Waals surface area contributed by atoms with Gasteiger partial charge in [0.05, 0.1) is 10.7 Å². The number of halogens is 1. The van der Waals surface area contributed by atoms with Crippen molar-refractivity contribution >= 4 is 22.0 Å². The van der Waals surface area contributed by atoms with Gasteiger partial charge in [-0.05, 0) is 25.8 Å². The van der Waals surface area contributed by atoms with Crippen LogP contribution in [0.5, 0.6) is 0 Å². The fourth-order valence-electron chi connectivity index (χ4n) is 3.26. The SMILES string of the molecule is CC1(c2cc([N+](=O)[O-])ccc2F)C[SH]2(=O)NCCCCN2C(N)=N1. The highest BCUT2D eigenvalue weighted by Crippen LogP contribution is 2.37. The van der Waals surface area contributed by atoms with Gasteiger partial charge in [-0.3, -0.25) is 18.6 Å². The van der Waals surface area contributed by atoms with Crippen LogP contribution in [0.3, 0.4) is 0 Å². The number of nitro groups is 1. The van der Waals surface area contributed by atoms with Crippen LogP contribution >= 0.6 is 0 Å². The molecular formula is C14H20FN5O3S. The molecule has 0 saturated carbocycles. The number of thiol groups is 1. The predicted octanol–water partition coefficient (Wildman–Crippen LogP) is 0.809. The Morgan fingerprint density at radius 2 is 2.25 bits per heavy atom. The summed E-state index contributed by atoms with van der Waals surface area (Å²) in [5.74, 6) is -0.527. The molecule has 3 N–H and O–H groups in total. The van der Waals surface area contributed by atoms with Crippen LogP contribution in [-0.4, -0.2) is 38.2 Å². The zero-order valence-corrected chi connectivity index (χ0v) is 14.1. The van der Waals surface area contributed by atoms with Crippen LogP contribution in [0.15, 0.2) is 23.2 Å². The van der Waals surface area contributed by atoms with Crippen LogP contribution < -0.4 is 10.5 Å². The second-order valence-electron chi connectivity index (χ2n) is 6.26. The summed E-state index contributed by atoms with van der Waals surface area (Å²) in [5, 5.41) is 11.0. The third-order valence-corrected chi connectivity index (χ3v) is 7.38. The van der Waals surface area contributed by atoms with Crippen molar-refractivity contribution in [2.45, 2.75) is 25.3 Å². The zero-order chi connectivity index (χ0) is 17.5. The fourth-order valence-corrected chi connectivity index (χ4v) is 6.13. The first-order chi connectivity index (χ1) is 11.3. The van der Waals surface area contributed by atoms with E-state index in [4.69, 9.17) is 5.73 Å². The van der Waals surface area contributed by atoms with E-state index in [1.807, 2.05) is 0 Å². The number of benzene rings is 1. The van der Waals surface area contributed by atoms with Crippen LogP contribution in [-0.2, 0) is 15.8 Å². The Bertz CT molecular complexity index is 771. The molecule has 3 rings (SSSR count). The van der Waals surface area contributed by atoms with E-state index in [2.05, 4.69) is 9.71 Å². The summed E-state index contributed by atoms with van der Waals surface area (Å²) in [5.41, 5.74) is 4.57. The maximum atomic E-state index is 14.4. The van der Waals surface area contributed by atoms with Crippen molar-refractivity contribution < 1.29 is 13.5 Å². The van der Waals surface area contributed by atoms with E-state index >= 15 is 0 Å². The van der Waals surface area contributed by atoms with E-state index in [9.17, 15) is 18.7 Å². The summed E-state index contributed by atoms with van der Waals surface area (Å²) in [4.78, 5) is 14.8. The molecule has 0 radical (unpaired) electrons. The third-order valence-electron chi connectivity index (χ3n) is 4.43. The van der Waals surface area contributed by atoms with Gasteiger partial charge in [0.1, 0.15) is 11.4 Å². The lowest BCUT2D eigenvalue weighted by Crippen LogP contribution is -2.60.